The van der Waals surface area contributed by atoms with Crippen molar-refractivity contribution in [1.29, 1.82) is 0 Å². The maximum Gasteiger partial charge on any atom is 0.243 e. The standard InChI is InChI=1S/C22H24Cl2N6O2S/c23-17-12-18(24)14-19(13-17)26-22-27-21(28-29-22)25-15-16-4-6-20(7-5-16)33(31,32)11-3-10-30-8-1-2-9-30/h3-7,10,12-14H,1-2,8-9,11,15H2,(H3,25,26,27,28,29). The zero-order valence-electron chi connectivity index (χ0n) is 17.8. The van der Waals surface area contributed by atoms with Crippen LogP contribution in [0.5, 0.6) is 0 Å². The van der Waals surface area contributed by atoms with Gasteiger partial charge in [-0.05, 0) is 54.9 Å². The largest absolute Gasteiger partial charge is 0.378 e. The van der Waals surface area contributed by atoms with E-state index in [1.54, 1.807) is 48.5 Å². The predicted molar refractivity (Wildman–Crippen MR) is 132 cm³/mol. The molecule has 11 heteroatoms. The molecule has 3 N–H and O–H groups in total. The normalized spacial score (nSPS) is 14.2. The quantitative estimate of drug-likeness (QED) is 0.381. The molecule has 0 atom stereocenters. The first-order chi connectivity index (χ1) is 15.9. The van der Waals surface area contributed by atoms with Crippen LogP contribution in [0.1, 0.15) is 18.4 Å². The summed E-state index contributed by atoms with van der Waals surface area (Å²) >= 11 is 12.0. The molecule has 4 rings (SSSR count). The van der Waals surface area contributed by atoms with Gasteiger partial charge in [-0.1, -0.05) is 41.4 Å². The molecule has 0 unspecified atom stereocenters. The number of rotatable bonds is 9. The van der Waals surface area contributed by atoms with Crippen LogP contribution in [-0.4, -0.2) is 47.3 Å². The average molecular weight is 507 g/mol. The molecular weight excluding hydrogens is 483 g/mol. The Bertz CT molecular complexity index is 1200. The van der Waals surface area contributed by atoms with E-state index in [-0.39, 0.29) is 5.75 Å². The Morgan fingerprint density at radius 1 is 1.06 bits per heavy atom. The number of anilines is 3. The van der Waals surface area contributed by atoms with E-state index in [9.17, 15) is 8.42 Å². The lowest BCUT2D eigenvalue weighted by Gasteiger charge is -2.10. The third kappa shape index (κ3) is 6.63. The molecule has 1 aromatic heterocycles. The fourth-order valence-electron chi connectivity index (χ4n) is 3.46. The number of hydrogen-bond donors (Lipinski definition) is 3. The van der Waals surface area contributed by atoms with Crippen molar-refractivity contribution in [3.63, 3.8) is 0 Å². The van der Waals surface area contributed by atoms with Gasteiger partial charge in [-0.3, -0.25) is 0 Å². The Morgan fingerprint density at radius 2 is 1.76 bits per heavy atom. The first-order valence-electron chi connectivity index (χ1n) is 10.5. The van der Waals surface area contributed by atoms with Gasteiger partial charge in [0.15, 0.2) is 9.84 Å². The Labute approximate surface area is 202 Å². The maximum absolute atomic E-state index is 12.6. The molecule has 0 saturated carbocycles. The maximum atomic E-state index is 12.6. The van der Waals surface area contributed by atoms with Crippen LogP contribution < -0.4 is 10.6 Å². The van der Waals surface area contributed by atoms with E-state index in [4.69, 9.17) is 23.2 Å². The fraction of sp³-hybridized carbons (Fsp3) is 0.273. The van der Waals surface area contributed by atoms with Gasteiger partial charge < -0.3 is 15.5 Å². The van der Waals surface area contributed by atoms with Gasteiger partial charge in [0, 0.05) is 35.4 Å². The molecule has 2 heterocycles. The number of halogens is 2. The first kappa shape index (κ1) is 23.4. The minimum absolute atomic E-state index is 0.00803. The zero-order chi connectivity index (χ0) is 23.3. The van der Waals surface area contributed by atoms with Gasteiger partial charge in [-0.15, -0.1) is 5.10 Å². The molecule has 1 fully saturated rings. The summed E-state index contributed by atoms with van der Waals surface area (Å²) in [6.45, 7) is 2.43. The minimum atomic E-state index is -3.36. The number of hydrogen-bond acceptors (Lipinski definition) is 7. The Kier molecular flexibility index (Phi) is 7.42. The molecule has 0 aliphatic carbocycles. The molecule has 0 bridgehead atoms. The number of sulfone groups is 1. The van der Waals surface area contributed by atoms with Crippen LogP contribution in [0.25, 0.3) is 0 Å². The first-order valence-corrected chi connectivity index (χ1v) is 12.9. The van der Waals surface area contributed by atoms with Gasteiger partial charge in [-0.25, -0.2) is 13.5 Å². The van der Waals surface area contributed by atoms with Crippen molar-refractivity contribution in [3.05, 3.63) is 70.3 Å². The van der Waals surface area contributed by atoms with E-state index in [2.05, 4.69) is 30.7 Å². The molecule has 174 valence electrons. The summed E-state index contributed by atoms with van der Waals surface area (Å²) in [7, 11) is -3.36. The molecule has 1 aliphatic heterocycles. The van der Waals surface area contributed by atoms with E-state index in [0.29, 0.717) is 39.1 Å². The van der Waals surface area contributed by atoms with Crippen molar-refractivity contribution < 1.29 is 8.42 Å². The van der Waals surface area contributed by atoms with Gasteiger partial charge in [0.05, 0.1) is 10.6 Å². The number of nitrogens with zero attached hydrogens (tertiary/aromatic N) is 3. The Morgan fingerprint density at radius 3 is 2.45 bits per heavy atom. The molecule has 2 aromatic carbocycles. The molecule has 1 aliphatic rings. The van der Waals surface area contributed by atoms with Crippen molar-refractivity contribution in [1.82, 2.24) is 20.1 Å². The summed E-state index contributed by atoms with van der Waals surface area (Å²) in [4.78, 5) is 6.78. The number of H-pyrrole nitrogens is 1. The number of likely N-dealkylation sites (tertiary alicyclic amines) is 1. The van der Waals surface area contributed by atoms with Crippen LogP contribution in [0.2, 0.25) is 10.0 Å². The van der Waals surface area contributed by atoms with E-state index >= 15 is 0 Å². The van der Waals surface area contributed by atoms with Gasteiger partial charge in [0.25, 0.3) is 0 Å². The lowest BCUT2D eigenvalue weighted by molar-refractivity contribution is 0.467. The smallest absolute Gasteiger partial charge is 0.243 e. The summed E-state index contributed by atoms with van der Waals surface area (Å²) in [5.74, 6) is 0.819. The van der Waals surface area contributed by atoms with Gasteiger partial charge in [0.1, 0.15) is 0 Å². The molecule has 3 aromatic rings. The number of benzene rings is 2. The van der Waals surface area contributed by atoms with Crippen molar-refractivity contribution in [2.75, 3.05) is 29.5 Å². The van der Waals surface area contributed by atoms with Crippen LogP contribution in [-0.2, 0) is 16.4 Å². The molecular formula is C22H24Cl2N6O2S. The summed E-state index contributed by atoms with van der Waals surface area (Å²) in [6, 6.07) is 11.9. The Hall–Kier alpha value is -2.75. The second kappa shape index (κ2) is 10.5. The van der Waals surface area contributed by atoms with Crippen LogP contribution in [0.3, 0.4) is 0 Å². The highest BCUT2D eigenvalue weighted by Crippen LogP contribution is 2.24. The van der Waals surface area contributed by atoms with E-state index in [1.807, 2.05) is 6.20 Å². The monoisotopic (exact) mass is 506 g/mol. The summed E-state index contributed by atoms with van der Waals surface area (Å²) in [5, 5.41) is 14.1. The van der Waals surface area contributed by atoms with Crippen molar-refractivity contribution in [2.45, 2.75) is 24.3 Å². The number of aromatic nitrogens is 3. The SMILES string of the molecule is O=S(=O)(CC=CN1CCCC1)c1ccc(CNc2n[nH]c(Nc3cc(Cl)cc(Cl)c3)n2)cc1. The third-order valence-corrected chi connectivity index (χ3v) is 7.17. The van der Waals surface area contributed by atoms with E-state index < -0.39 is 9.84 Å². The summed E-state index contributed by atoms with van der Waals surface area (Å²) in [6.07, 6.45) is 5.94. The van der Waals surface area contributed by atoms with Crippen molar-refractivity contribution >= 4 is 50.6 Å². The minimum Gasteiger partial charge on any atom is -0.378 e. The lowest BCUT2D eigenvalue weighted by Crippen LogP contribution is -2.12. The molecule has 0 spiro atoms. The second-order valence-corrected chi connectivity index (χ2v) is 10.6. The third-order valence-electron chi connectivity index (χ3n) is 5.12. The molecule has 0 amide bonds. The number of aromatic amines is 1. The van der Waals surface area contributed by atoms with Gasteiger partial charge >= 0.3 is 0 Å². The van der Waals surface area contributed by atoms with Crippen LogP contribution in [0.15, 0.2) is 59.6 Å². The van der Waals surface area contributed by atoms with E-state index in [1.165, 1.54) is 0 Å². The molecule has 8 nitrogen and oxygen atoms in total. The highest BCUT2D eigenvalue weighted by molar-refractivity contribution is 7.91. The second-order valence-electron chi connectivity index (χ2n) is 7.70. The van der Waals surface area contributed by atoms with Crippen molar-refractivity contribution in [2.24, 2.45) is 0 Å². The van der Waals surface area contributed by atoms with Crippen LogP contribution >= 0.6 is 23.2 Å². The van der Waals surface area contributed by atoms with Gasteiger partial charge in [0.2, 0.25) is 11.9 Å². The molecule has 1 saturated heterocycles. The van der Waals surface area contributed by atoms with Crippen LogP contribution in [0.4, 0.5) is 17.6 Å². The van der Waals surface area contributed by atoms with Gasteiger partial charge in [-0.2, -0.15) is 4.98 Å². The number of nitrogens with one attached hydrogen (secondary N) is 3. The lowest BCUT2D eigenvalue weighted by atomic mass is 10.2. The fourth-order valence-corrected chi connectivity index (χ4v) is 5.07. The van der Waals surface area contributed by atoms with E-state index in [0.717, 1.165) is 31.5 Å². The zero-order valence-corrected chi connectivity index (χ0v) is 20.1. The molecule has 33 heavy (non-hydrogen) atoms. The Balaban J connectivity index is 1.30. The predicted octanol–water partition coefficient (Wildman–Crippen LogP) is 4.85. The van der Waals surface area contributed by atoms with Crippen molar-refractivity contribution in [3.8, 4) is 0 Å². The highest BCUT2D eigenvalue weighted by Gasteiger charge is 2.13. The average Bonchev–Trinajstić information content (AvgIpc) is 3.44. The molecule has 0 radical (unpaired) electrons. The topological polar surface area (TPSA) is 103 Å². The van der Waals surface area contributed by atoms with Crippen LogP contribution in [0, 0.1) is 0 Å². The summed E-state index contributed by atoms with van der Waals surface area (Å²) in [5.41, 5.74) is 1.59. The highest BCUT2D eigenvalue weighted by atomic mass is 35.5. The summed E-state index contributed by atoms with van der Waals surface area (Å²) < 4.78 is 25.1.